The van der Waals surface area contributed by atoms with Gasteiger partial charge in [-0.1, -0.05) is 83.9 Å². The van der Waals surface area contributed by atoms with Crippen molar-refractivity contribution in [2.24, 2.45) is 0 Å². The van der Waals surface area contributed by atoms with Crippen LogP contribution in [0.2, 0.25) is 0 Å². The monoisotopic (exact) mass is 796 g/mol. The second-order valence-corrected chi connectivity index (χ2v) is 13.3. The van der Waals surface area contributed by atoms with E-state index in [-0.39, 0.29) is 0 Å². The minimum Gasteiger partial charge on any atom is -0.354 e. The summed E-state index contributed by atoms with van der Waals surface area (Å²) < 4.78 is 113. The number of hydrogen-bond acceptors (Lipinski definition) is 6. The summed E-state index contributed by atoms with van der Waals surface area (Å²) in [5.74, 6) is -11.1. The largest absolute Gasteiger partial charge is 0.354 e. The number of methoxy groups -OCH3 is 2. The molecule has 4 aromatic carbocycles. The fourth-order valence-corrected chi connectivity index (χ4v) is 6.20. The fraction of sp³-hybridized carbons (Fsp3) is 0.200. The van der Waals surface area contributed by atoms with Crippen LogP contribution in [0.5, 0.6) is 0 Å². The Bertz CT molecular complexity index is 2290. The first kappa shape index (κ1) is 42.7. The topological polar surface area (TPSA) is 91.8 Å². The van der Waals surface area contributed by atoms with E-state index in [1.807, 2.05) is 62.4 Å². The molecule has 6 aromatic rings. The van der Waals surface area contributed by atoms with E-state index in [4.69, 9.17) is 9.47 Å². The molecule has 0 spiro atoms. The Morgan fingerprint density at radius 1 is 0.483 bits per heavy atom. The molecule has 0 fully saturated rings. The molecule has 58 heavy (non-hydrogen) atoms. The van der Waals surface area contributed by atoms with Crippen molar-refractivity contribution < 1.29 is 40.2 Å². The van der Waals surface area contributed by atoms with Crippen LogP contribution in [-0.4, -0.2) is 24.2 Å². The molecule has 6 nitrogen and oxygen atoms in total. The van der Waals surface area contributed by atoms with Crippen LogP contribution in [-0.2, 0) is 32.5 Å². The van der Waals surface area contributed by atoms with Crippen molar-refractivity contribution in [3.05, 3.63) is 178 Å². The SMILES string of the molecule is CO[C@@](C#N)(c1ccc(F)cc1F)C(F)(F)c1ccc(-c2ccc(C)cc2)cn1.CO[C@](C#N)(c1ccc(C)cc1F)C(F)(F)c1ccc(-c2ccc(C)cc2)cn1. The minimum absolute atomic E-state index is 0.421. The summed E-state index contributed by atoms with van der Waals surface area (Å²) in [5, 5.41) is 19.2. The molecule has 0 saturated heterocycles. The third-order valence-corrected chi connectivity index (χ3v) is 9.57. The molecule has 13 heteroatoms. The zero-order valence-corrected chi connectivity index (χ0v) is 31.8. The van der Waals surface area contributed by atoms with E-state index in [2.05, 4.69) is 9.97 Å². The molecule has 0 aliphatic heterocycles. The minimum atomic E-state index is -4.03. The van der Waals surface area contributed by atoms with Gasteiger partial charge in [0.1, 0.15) is 41.0 Å². The van der Waals surface area contributed by atoms with Crippen LogP contribution in [0.1, 0.15) is 39.2 Å². The van der Waals surface area contributed by atoms with E-state index in [0.717, 1.165) is 72.9 Å². The van der Waals surface area contributed by atoms with E-state index < -0.39 is 63.0 Å². The summed E-state index contributed by atoms with van der Waals surface area (Å²) in [7, 11) is 1.82. The van der Waals surface area contributed by atoms with Gasteiger partial charge in [0.05, 0.1) is 0 Å². The molecule has 2 heterocycles. The highest BCUT2D eigenvalue weighted by atomic mass is 19.3. The molecular weight excluding hydrogens is 762 g/mol. The van der Waals surface area contributed by atoms with Crippen molar-refractivity contribution in [1.29, 1.82) is 10.5 Å². The number of pyridine rings is 2. The lowest BCUT2D eigenvalue weighted by Crippen LogP contribution is -2.45. The zero-order valence-electron chi connectivity index (χ0n) is 31.8. The number of aromatic nitrogens is 2. The molecule has 0 unspecified atom stereocenters. The molecular formula is C45H35F7N4O2. The van der Waals surface area contributed by atoms with Gasteiger partial charge in [-0.05, 0) is 67.8 Å². The molecule has 0 aliphatic carbocycles. The molecule has 2 atom stereocenters. The van der Waals surface area contributed by atoms with Crippen molar-refractivity contribution >= 4 is 0 Å². The number of ether oxygens (including phenoxy) is 2. The molecule has 0 bridgehead atoms. The average Bonchev–Trinajstić information content (AvgIpc) is 3.21. The number of benzene rings is 4. The van der Waals surface area contributed by atoms with E-state index in [0.29, 0.717) is 22.8 Å². The quantitative estimate of drug-likeness (QED) is 0.128. The van der Waals surface area contributed by atoms with Gasteiger partial charge >= 0.3 is 11.8 Å². The summed E-state index contributed by atoms with van der Waals surface area (Å²) in [4.78, 5) is 7.69. The highest BCUT2D eigenvalue weighted by molar-refractivity contribution is 5.64. The molecule has 2 aromatic heterocycles. The summed E-state index contributed by atoms with van der Waals surface area (Å²) in [6.45, 7) is 5.49. The Balaban J connectivity index is 0.000000221. The Labute approximate surface area is 330 Å². The van der Waals surface area contributed by atoms with Crippen LogP contribution in [0, 0.1) is 60.9 Å². The van der Waals surface area contributed by atoms with Crippen LogP contribution in [0.3, 0.4) is 0 Å². The van der Waals surface area contributed by atoms with Gasteiger partial charge in [0.25, 0.3) is 11.2 Å². The second-order valence-electron chi connectivity index (χ2n) is 13.3. The highest BCUT2D eigenvalue weighted by Gasteiger charge is 2.61. The molecule has 0 N–H and O–H groups in total. The maximum Gasteiger partial charge on any atom is 0.335 e. The van der Waals surface area contributed by atoms with Crippen LogP contribution >= 0.6 is 0 Å². The predicted molar refractivity (Wildman–Crippen MR) is 203 cm³/mol. The highest BCUT2D eigenvalue weighted by Crippen LogP contribution is 2.49. The first-order chi connectivity index (χ1) is 27.5. The van der Waals surface area contributed by atoms with Gasteiger partial charge in [-0.25, -0.2) is 13.2 Å². The normalized spacial score (nSPS) is 13.6. The smallest absolute Gasteiger partial charge is 0.335 e. The molecule has 6 rings (SSSR count). The maximum atomic E-state index is 15.5. The van der Waals surface area contributed by atoms with Crippen molar-refractivity contribution in [3.63, 3.8) is 0 Å². The van der Waals surface area contributed by atoms with E-state index in [9.17, 15) is 23.7 Å². The van der Waals surface area contributed by atoms with Gasteiger partial charge in [0.2, 0.25) is 0 Å². The fourth-order valence-electron chi connectivity index (χ4n) is 6.20. The molecule has 0 radical (unpaired) electrons. The summed E-state index contributed by atoms with van der Waals surface area (Å²) in [5.41, 5.74) is -3.16. The van der Waals surface area contributed by atoms with Crippen molar-refractivity contribution in [2.45, 2.75) is 43.8 Å². The zero-order chi connectivity index (χ0) is 42.5. The number of aryl methyl sites for hydroxylation is 3. The Morgan fingerprint density at radius 2 is 0.845 bits per heavy atom. The van der Waals surface area contributed by atoms with Crippen LogP contribution in [0.25, 0.3) is 22.3 Å². The van der Waals surface area contributed by atoms with Gasteiger partial charge < -0.3 is 9.47 Å². The molecule has 0 aliphatic rings. The molecule has 0 saturated carbocycles. The number of nitriles is 2. The number of halogens is 7. The van der Waals surface area contributed by atoms with Crippen molar-refractivity contribution in [2.75, 3.05) is 14.2 Å². The van der Waals surface area contributed by atoms with E-state index >= 15 is 17.6 Å². The lowest BCUT2D eigenvalue weighted by Gasteiger charge is -2.33. The average molecular weight is 797 g/mol. The Morgan fingerprint density at radius 3 is 1.17 bits per heavy atom. The first-order valence-corrected chi connectivity index (χ1v) is 17.5. The van der Waals surface area contributed by atoms with Gasteiger partial charge in [0, 0.05) is 54.9 Å². The summed E-state index contributed by atoms with van der Waals surface area (Å²) >= 11 is 0. The van der Waals surface area contributed by atoms with E-state index in [1.165, 1.54) is 42.7 Å². The Hall–Kier alpha value is -6.41. The number of hydrogen-bond donors (Lipinski definition) is 0. The van der Waals surface area contributed by atoms with Gasteiger partial charge in [0.15, 0.2) is 0 Å². The molecule has 296 valence electrons. The predicted octanol–water partition coefficient (Wildman–Crippen LogP) is 11.2. The number of alkyl halides is 4. The standard InChI is InChI=1S/C23H19F3N2O.C22H16F4N2O/c1-15-4-7-17(8-5-15)18-9-11-21(28-13-18)23(25,26)22(14-27,29-3)19-10-6-16(2)12-20(19)24;1-14-3-5-15(6-4-14)16-7-10-20(28-12-16)22(25,26)21(13-27,29-2)18-9-8-17(23)11-19(18)24/h4-13H,1-3H3;3-12H,1-2H3/t22-;21-/m10/s1. The second kappa shape index (κ2) is 17.0. The first-order valence-electron chi connectivity index (χ1n) is 17.5. The number of rotatable bonds is 10. The lowest BCUT2D eigenvalue weighted by atomic mass is 9.85. The summed E-state index contributed by atoms with van der Waals surface area (Å²) in [6, 6.07) is 28.5. The third kappa shape index (κ3) is 7.92. The Kier molecular flexibility index (Phi) is 12.5. The van der Waals surface area contributed by atoms with Crippen molar-refractivity contribution in [1.82, 2.24) is 9.97 Å². The van der Waals surface area contributed by atoms with Gasteiger partial charge in [-0.2, -0.15) is 28.1 Å². The summed E-state index contributed by atoms with van der Waals surface area (Å²) in [6.07, 6.45) is 2.55. The van der Waals surface area contributed by atoms with Crippen LogP contribution < -0.4 is 0 Å². The molecule has 0 amide bonds. The number of nitrogens with zero attached hydrogens (tertiary/aromatic N) is 4. The lowest BCUT2D eigenvalue weighted by molar-refractivity contribution is -0.182. The third-order valence-electron chi connectivity index (χ3n) is 9.57. The van der Waals surface area contributed by atoms with Gasteiger partial charge in [-0.3, -0.25) is 9.97 Å². The van der Waals surface area contributed by atoms with E-state index in [1.54, 1.807) is 6.92 Å². The van der Waals surface area contributed by atoms with Crippen LogP contribution in [0.15, 0.2) is 122 Å². The van der Waals surface area contributed by atoms with Gasteiger partial charge in [-0.15, -0.1) is 0 Å². The van der Waals surface area contributed by atoms with Crippen molar-refractivity contribution in [3.8, 4) is 34.4 Å². The van der Waals surface area contributed by atoms with Crippen LogP contribution in [0.4, 0.5) is 30.7 Å². The maximum absolute atomic E-state index is 15.5.